The molecule has 0 bridgehead atoms. The molecule has 2 aromatic carbocycles. The van der Waals surface area contributed by atoms with Gasteiger partial charge < -0.3 is 29.2 Å². The summed E-state index contributed by atoms with van der Waals surface area (Å²) in [5.74, 6) is 0.609. The lowest BCUT2D eigenvalue weighted by molar-refractivity contribution is -0.176. The van der Waals surface area contributed by atoms with Crippen LogP contribution in [0.1, 0.15) is 51.1 Å². The lowest BCUT2D eigenvalue weighted by Crippen LogP contribution is -2.67. The molecular weight excluding hydrogens is 494 g/mol. The topological polar surface area (TPSA) is 91.2 Å². The summed E-state index contributed by atoms with van der Waals surface area (Å²) in [5, 5.41) is 3.05. The Balaban J connectivity index is 1.12. The summed E-state index contributed by atoms with van der Waals surface area (Å²) >= 11 is 0. The number of piperazine rings is 1. The van der Waals surface area contributed by atoms with Gasteiger partial charge in [0.05, 0.1) is 30.0 Å². The van der Waals surface area contributed by atoms with Crippen molar-refractivity contribution in [2.75, 3.05) is 67.6 Å². The van der Waals surface area contributed by atoms with Crippen molar-refractivity contribution in [3.63, 3.8) is 0 Å². The second-order valence-electron chi connectivity index (χ2n) is 11.4. The number of likely N-dealkylation sites (tertiary alicyclic amines) is 1. The zero-order valence-electron chi connectivity index (χ0n) is 22.2. The van der Waals surface area contributed by atoms with Crippen molar-refractivity contribution in [3.05, 3.63) is 71.4 Å². The summed E-state index contributed by atoms with van der Waals surface area (Å²) in [4.78, 5) is 37.5. The number of nitrogens with one attached hydrogen (secondary N) is 1. The fourth-order valence-corrected chi connectivity index (χ4v) is 5.91. The van der Waals surface area contributed by atoms with E-state index < -0.39 is 0 Å². The maximum Gasteiger partial charge on any atom is 0.277 e. The smallest absolute Gasteiger partial charge is 0.277 e. The van der Waals surface area contributed by atoms with Crippen LogP contribution in [0.15, 0.2) is 53.1 Å². The molecule has 9 nitrogen and oxygen atoms in total. The fraction of sp³-hybridized carbons (Fsp3) is 0.433. The van der Waals surface area contributed by atoms with Crippen molar-refractivity contribution in [3.8, 4) is 0 Å². The number of carbonyl (C=O) groups is 2. The zero-order chi connectivity index (χ0) is 26.6. The van der Waals surface area contributed by atoms with Gasteiger partial charge in [0.2, 0.25) is 0 Å². The van der Waals surface area contributed by atoms with Crippen LogP contribution in [0.5, 0.6) is 0 Å². The van der Waals surface area contributed by atoms with Gasteiger partial charge in [-0.1, -0.05) is 18.2 Å². The Bertz CT molecular complexity index is 1410. The van der Waals surface area contributed by atoms with Gasteiger partial charge in [0.1, 0.15) is 6.26 Å². The highest BCUT2D eigenvalue weighted by molar-refractivity contribution is 6.06. The molecule has 1 saturated carbocycles. The molecule has 1 spiro atoms. The second-order valence-corrected chi connectivity index (χ2v) is 11.4. The Morgan fingerprint density at radius 2 is 1.69 bits per heavy atom. The summed E-state index contributed by atoms with van der Waals surface area (Å²) in [7, 11) is 0. The standard InChI is InChI=1S/C30H33N5O4/c1-20-4-2-3-5-25(20)33-10-12-34(13-11-33)26-9-8-22(29(37)35-16-30(17-35)18-38-19-30)14-23(26)31-27(36)24-15-39-28(32-24)21-6-7-21/h2-5,8-9,14-15,21H,6-7,10-13,16-19H2,1H3,(H,31,36). The molecule has 3 aliphatic heterocycles. The minimum Gasteiger partial charge on any atom is -0.448 e. The van der Waals surface area contributed by atoms with Gasteiger partial charge in [-0.3, -0.25) is 9.59 Å². The van der Waals surface area contributed by atoms with Crippen LogP contribution < -0.4 is 15.1 Å². The van der Waals surface area contributed by atoms with Crippen LogP contribution in [-0.2, 0) is 4.74 Å². The number of benzene rings is 2. The Morgan fingerprint density at radius 3 is 2.36 bits per heavy atom. The van der Waals surface area contributed by atoms with Crippen molar-refractivity contribution in [2.24, 2.45) is 5.41 Å². The second kappa shape index (κ2) is 9.41. The number of oxazole rings is 1. The van der Waals surface area contributed by atoms with Crippen LogP contribution in [-0.4, -0.2) is 74.2 Å². The van der Waals surface area contributed by atoms with Crippen LogP contribution in [0.2, 0.25) is 0 Å². The van der Waals surface area contributed by atoms with Crippen LogP contribution >= 0.6 is 0 Å². The highest BCUT2D eigenvalue weighted by Crippen LogP contribution is 2.40. The van der Waals surface area contributed by atoms with E-state index in [0.717, 1.165) is 71.0 Å². The summed E-state index contributed by atoms with van der Waals surface area (Å²) in [6.07, 6.45) is 3.53. The lowest BCUT2D eigenvalue weighted by Gasteiger charge is -2.54. The Labute approximate surface area is 227 Å². The molecule has 0 atom stereocenters. The fourth-order valence-electron chi connectivity index (χ4n) is 5.91. The van der Waals surface area contributed by atoms with Gasteiger partial charge in [-0.25, -0.2) is 4.98 Å². The number of rotatable bonds is 6. The van der Waals surface area contributed by atoms with Gasteiger partial charge in [-0.2, -0.15) is 0 Å². The van der Waals surface area contributed by atoms with Gasteiger partial charge in [0.25, 0.3) is 11.8 Å². The molecule has 7 rings (SSSR count). The summed E-state index contributed by atoms with van der Waals surface area (Å²) in [6.45, 7) is 8.37. The van der Waals surface area contributed by atoms with E-state index in [0.29, 0.717) is 23.1 Å². The number of nitrogens with zero attached hydrogens (tertiary/aromatic N) is 4. The largest absolute Gasteiger partial charge is 0.448 e. The van der Waals surface area contributed by atoms with E-state index in [9.17, 15) is 9.59 Å². The number of anilines is 3. The molecular formula is C30H33N5O4. The molecule has 1 N–H and O–H groups in total. The third-order valence-corrected chi connectivity index (χ3v) is 8.41. The zero-order valence-corrected chi connectivity index (χ0v) is 22.2. The molecule has 9 heteroatoms. The van der Waals surface area contributed by atoms with E-state index in [1.807, 2.05) is 23.1 Å². The van der Waals surface area contributed by atoms with Gasteiger partial charge in [-0.15, -0.1) is 0 Å². The van der Waals surface area contributed by atoms with Crippen LogP contribution in [0.25, 0.3) is 0 Å². The Kier molecular flexibility index (Phi) is 5.84. The highest BCUT2D eigenvalue weighted by atomic mass is 16.5. The van der Waals surface area contributed by atoms with Crippen LogP contribution in [0.3, 0.4) is 0 Å². The molecule has 1 aliphatic carbocycles. The molecule has 0 radical (unpaired) electrons. The summed E-state index contributed by atoms with van der Waals surface area (Å²) in [5.41, 5.74) is 5.03. The Hall–Kier alpha value is -3.85. The molecule has 39 heavy (non-hydrogen) atoms. The molecule has 4 aliphatic rings. The van der Waals surface area contributed by atoms with Gasteiger partial charge in [0, 0.05) is 56.4 Å². The quantitative estimate of drug-likeness (QED) is 0.520. The van der Waals surface area contributed by atoms with E-state index >= 15 is 0 Å². The predicted octanol–water partition coefficient (Wildman–Crippen LogP) is 3.91. The number of amides is 2. The highest BCUT2D eigenvalue weighted by Gasteiger charge is 2.50. The van der Waals surface area contributed by atoms with E-state index in [4.69, 9.17) is 9.15 Å². The molecule has 4 heterocycles. The predicted molar refractivity (Wildman–Crippen MR) is 148 cm³/mol. The van der Waals surface area contributed by atoms with Gasteiger partial charge >= 0.3 is 0 Å². The summed E-state index contributed by atoms with van der Waals surface area (Å²) in [6, 6.07) is 14.1. The van der Waals surface area contributed by atoms with Crippen LogP contribution in [0.4, 0.5) is 17.1 Å². The first-order valence-electron chi connectivity index (χ1n) is 13.8. The normalized spacial score (nSPS) is 20.0. The van der Waals surface area contributed by atoms with E-state index in [1.54, 1.807) is 0 Å². The first-order chi connectivity index (χ1) is 19.0. The third-order valence-electron chi connectivity index (χ3n) is 8.41. The number of ether oxygens (including phenoxy) is 1. The third kappa shape index (κ3) is 4.54. The van der Waals surface area contributed by atoms with Gasteiger partial charge in [0.15, 0.2) is 11.6 Å². The molecule has 1 aromatic heterocycles. The average molecular weight is 528 g/mol. The maximum atomic E-state index is 13.3. The van der Waals surface area contributed by atoms with Gasteiger partial charge in [-0.05, 0) is 49.6 Å². The van der Waals surface area contributed by atoms with Crippen molar-refractivity contribution in [1.29, 1.82) is 0 Å². The van der Waals surface area contributed by atoms with Crippen molar-refractivity contribution in [2.45, 2.75) is 25.7 Å². The molecule has 4 fully saturated rings. The van der Waals surface area contributed by atoms with Crippen molar-refractivity contribution in [1.82, 2.24) is 9.88 Å². The molecule has 3 aromatic rings. The van der Waals surface area contributed by atoms with E-state index in [-0.39, 0.29) is 22.9 Å². The van der Waals surface area contributed by atoms with Crippen LogP contribution in [0, 0.1) is 12.3 Å². The molecule has 2 amide bonds. The first-order valence-corrected chi connectivity index (χ1v) is 13.8. The maximum absolute atomic E-state index is 13.3. The summed E-state index contributed by atoms with van der Waals surface area (Å²) < 4.78 is 10.9. The molecule has 202 valence electrons. The number of aryl methyl sites for hydroxylation is 1. The monoisotopic (exact) mass is 527 g/mol. The van der Waals surface area contributed by atoms with E-state index in [1.165, 1.54) is 17.5 Å². The number of aromatic nitrogens is 1. The Morgan fingerprint density at radius 1 is 0.974 bits per heavy atom. The SMILES string of the molecule is Cc1ccccc1N1CCN(c2ccc(C(=O)N3CC4(COC4)C3)cc2NC(=O)c2coc(C3CC3)n2)CC1. The molecule has 0 unspecified atom stereocenters. The minimum atomic E-state index is -0.329. The number of hydrogen-bond acceptors (Lipinski definition) is 7. The average Bonchev–Trinajstić information content (AvgIpc) is 3.63. The first kappa shape index (κ1) is 24.2. The van der Waals surface area contributed by atoms with E-state index in [2.05, 4.69) is 51.3 Å². The van der Waals surface area contributed by atoms with Crippen molar-refractivity contribution < 1.29 is 18.7 Å². The number of hydrogen-bond donors (Lipinski definition) is 1. The number of para-hydroxylation sites is 1. The lowest BCUT2D eigenvalue weighted by atomic mass is 9.78. The number of carbonyl (C=O) groups excluding carboxylic acids is 2. The minimum absolute atomic E-state index is 0.0172. The van der Waals surface area contributed by atoms with Crippen molar-refractivity contribution >= 4 is 28.9 Å². The molecule has 3 saturated heterocycles.